The lowest BCUT2D eigenvalue weighted by Gasteiger charge is -2.30. The van der Waals surface area contributed by atoms with E-state index in [-0.39, 0.29) is 23.6 Å². The van der Waals surface area contributed by atoms with Crippen molar-refractivity contribution in [1.82, 2.24) is 0 Å². The molecule has 1 aromatic carbocycles. The summed E-state index contributed by atoms with van der Waals surface area (Å²) in [7, 11) is 1.46. The van der Waals surface area contributed by atoms with Gasteiger partial charge in [-0.05, 0) is 30.5 Å². The monoisotopic (exact) mass is 258 g/mol. The van der Waals surface area contributed by atoms with Crippen LogP contribution in [0, 0.1) is 11.7 Å². The molecule has 1 aromatic rings. The summed E-state index contributed by atoms with van der Waals surface area (Å²) in [5.41, 5.74) is 0.841. The first-order valence-electron chi connectivity index (χ1n) is 5.77. The molecule has 0 radical (unpaired) electrons. The quantitative estimate of drug-likeness (QED) is 0.772. The van der Waals surface area contributed by atoms with Crippen LogP contribution in [-0.4, -0.2) is 19.6 Å². The number of ether oxygens (including phenoxy) is 2. The number of hydrogen-bond donors (Lipinski definition) is 0. The van der Waals surface area contributed by atoms with Crippen LogP contribution in [0.3, 0.4) is 0 Å². The van der Waals surface area contributed by atoms with E-state index >= 15 is 0 Å². The van der Waals surface area contributed by atoms with Crippen LogP contribution in [0.25, 0.3) is 0 Å². The number of rotatable bonds is 3. The molecule has 0 saturated carbocycles. The zero-order chi connectivity index (χ0) is 12.3. The van der Waals surface area contributed by atoms with Crippen molar-refractivity contribution in [1.29, 1.82) is 0 Å². The fraction of sp³-hybridized carbons (Fsp3) is 0.538. The SMILES string of the molecule is COc1ccc(C2OCCCC2CCl)cc1F. The minimum Gasteiger partial charge on any atom is -0.494 e. The van der Waals surface area contributed by atoms with Crippen LogP contribution in [0.4, 0.5) is 4.39 Å². The second-order valence-corrected chi connectivity index (χ2v) is 4.55. The third-order valence-electron chi connectivity index (χ3n) is 3.15. The molecule has 1 aliphatic rings. The van der Waals surface area contributed by atoms with Crippen molar-refractivity contribution in [3.05, 3.63) is 29.6 Å². The fourth-order valence-electron chi connectivity index (χ4n) is 2.23. The van der Waals surface area contributed by atoms with Crippen molar-refractivity contribution in [2.75, 3.05) is 19.6 Å². The number of benzene rings is 1. The largest absolute Gasteiger partial charge is 0.494 e. The summed E-state index contributed by atoms with van der Waals surface area (Å²) in [6.07, 6.45) is 1.95. The van der Waals surface area contributed by atoms with E-state index in [9.17, 15) is 4.39 Å². The Hall–Kier alpha value is -0.800. The Labute approximate surface area is 106 Å². The average Bonchev–Trinajstić information content (AvgIpc) is 2.38. The maximum atomic E-state index is 13.6. The van der Waals surface area contributed by atoms with Gasteiger partial charge in [-0.25, -0.2) is 4.39 Å². The van der Waals surface area contributed by atoms with Crippen LogP contribution in [0.15, 0.2) is 18.2 Å². The molecule has 4 heteroatoms. The lowest BCUT2D eigenvalue weighted by Crippen LogP contribution is -2.23. The summed E-state index contributed by atoms with van der Waals surface area (Å²) in [5.74, 6) is 0.705. The van der Waals surface area contributed by atoms with Crippen molar-refractivity contribution in [2.45, 2.75) is 18.9 Å². The second-order valence-electron chi connectivity index (χ2n) is 4.24. The molecular weight excluding hydrogens is 243 g/mol. The average molecular weight is 259 g/mol. The van der Waals surface area contributed by atoms with Crippen molar-refractivity contribution < 1.29 is 13.9 Å². The second kappa shape index (κ2) is 5.69. The van der Waals surface area contributed by atoms with Crippen LogP contribution >= 0.6 is 11.6 Å². The van der Waals surface area contributed by atoms with Crippen LogP contribution < -0.4 is 4.74 Å². The van der Waals surface area contributed by atoms with E-state index in [1.807, 2.05) is 6.07 Å². The van der Waals surface area contributed by atoms with E-state index in [0.717, 1.165) is 18.4 Å². The molecule has 1 saturated heterocycles. The normalized spacial score (nSPS) is 24.6. The lowest BCUT2D eigenvalue weighted by atomic mass is 9.91. The minimum atomic E-state index is -0.354. The first-order chi connectivity index (χ1) is 8.26. The summed E-state index contributed by atoms with van der Waals surface area (Å²) in [5, 5.41) is 0. The van der Waals surface area contributed by atoms with E-state index in [0.29, 0.717) is 12.5 Å². The van der Waals surface area contributed by atoms with Crippen LogP contribution in [0.2, 0.25) is 0 Å². The Kier molecular flexibility index (Phi) is 4.24. The first-order valence-corrected chi connectivity index (χ1v) is 6.30. The van der Waals surface area contributed by atoms with E-state index in [1.165, 1.54) is 13.2 Å². The van der Waals surface area contributed by atoms with E-state index in [2.05, 4.69) is 0 Å². The molecule has 0 bridgehead atoms. The zero-order valence-corrected chi connectivity index (χ0v) is 10.5. The third kappa shape index (κ3) is 2.72. The van der Waals surface area contributed by atoms with Gasteiger partial charge in [-0.2, -0.15) is 0 Å². The zero-order valence-electron chi connectivity index (χ0n) is 9.79. The molecule has 2 rings (SSSR count). The van der Waals surface area contributed by atoms with Crippen LogP contribution in [0.1, 0.15) is 24.5 Å². The molecule has 17 heavy (non-hydrogen) atoms. The van der Waals surface area contributed by atoms with Gasteiger partial charge in [0.15, 0.2) is 11.6 Å². The number of methoxy groups -OCH3 is 1. The Bertz CT molecular complexity index is 384. The molecule has 0 N–H and O–H groups in total. The Morgan fingerprint density at radius 2 is 2.35 bits per heavy atom. The summed E-state index contributed by atoms with van der Waals surface area (Å²) in [4.78, 5) is 0. The fourth-order valence-corrected chi connectivity index (χ4v) is 2.55. The minimum absolute atomic E-state index is 0.0957. The lowest BCUT2D eigenvalue weighted by molar-refractivity contribution is -0.0210. The number of hydrogen-bond acceptors (Lipinski definition) is 2. The first kappa shape index (κ1) is 12.7. The van der Waals surface area contributed by atoms with E-state index in [1.54, 1.807) is 6.07 Å². The maximum Gasteiger partial charge on any atom is 0.165 e. The van der Waals surface area contributed by atoms with Gasteiger partial charge in [-0.3, -0.25) is 0 Å². The molecule has 0 amide bonds. The van der Waals surface area contributed by atoms with Crippen LogP contribution in [0.5, 0.6) is 5.75 Å². The number of alkyl halides is 1. The van der Waals surface area contributed by atoms with Crippen LogP contribution in [-0.2, 0) is 4.74 Å². The molecule has 0 spiro atoms. The Morgan fingerprint density at radius 3 is 3.00 bits per heavy atom. The summed E-state index contributed by atoms with van der Waals surface area (Å²) < 4.78 is 24.2. The van der Waals surface area contributed by atoms with Gasteiger partial charge in [-0.1, -0.05) is 6.07 Å². The topological polar surface area (TPSA) is 18.5 Å². The van der Waals surface area contributed by atoms with Crippen molar-refractivity contribution in [2.24, 2.45) is 5.92 Å². The van der Waals surface area contributed by atoms with Gasteiger partial charge >= 0.3 is 0 Å². The van der Waals surface area contributed by atoms with Crippen molar-refractivity contribution >= 4 is 11.6 Å². The molecule has 2 atom stereocenters. The summed E-state index contributed by atoms with van der Waals surface area (Å²) in [6.45, 7) is 0.714. The molecule has 0 aromatic heterocycles. The van der Waals surface area contributed by atoms with Gasteiger partial charge < -0.3 is 9.47 Å². The molecule has 2 nitrogen and oxygen atoms in total. The van der Waals surface area contributed by atoms with Crippen molar-refractivity contribution in [3.63, 3.8) is 0 Å². The van der Waals surface area contributed by atoms with E-state index < -0.39 is 0 Å². The predicted molar refractivity (Wildman–Crippen MR) is 65.1 cm³/mol. The Morgan fingerprint density at radius 1 is 1.53 bits per heavy atom. The molecule has 1 heterocycles. The number of halogens is 2. The molecule has 0 aliphatic carbocycles. The molecule has 1 aliphatic heterocycles. The van der Waals surface area contributed by atoms with Gasteiger partial charge in [0.05, 0.1) is 13.2 Å². The smallest absolute Gasteiger partial charge is 0.165 e. The molecular formula is C13H16ClFO2. The molecule has 94 valence electrons. The van der Waals surface area contributed by atoms with Gasteiger partial charge in [-0.15, -0.1) is 11.6 Å². The van der Waals surface area contributed by atoms with Gasteiger partial charge in [0.25, 0.3) is 0 Å². The van der Waals surface area contributed by atoms with Gasteiger partial charge in [0.2, 0.25) is 0 Å². The maximum absolute atomic E-state index is 13.6. The standard InChI is InChI=1S/C13H16ClFO2/c1-16-12-5-4-9(7-11(12)15)13-10(8-14)3-2-6-17-13/h4-5,7,10,13H,2-3,6,8H2,1H3. The summed E-state index contributed by atoms with van der Waals surface area (Å²) in [6, 6.07) is 4.96. The van der Waals surface area contributed by atoms with Gasteiger partial charge in [0.1, 0.15) is 0 Å². The molecule has 2 unspecified atom stereocenters. The van der Waals surface area contributed by atoms with Crippen molar-refractivity contribution in [3.8, 4) is 5.75 Å². The van der Waals surface area contributed by atoms with Gasteiger partial charge in [0, 0.05) is 18.4 Å². The third-order valence-corrected chi connectivity index (χ3v) is 3.54. The predicted octanol–water partition coefficient (Wildman–Crippen LogP) is 3.54. The highest BCUT2D eigenvalue weighted by Gasteiger charge is 2.27. The highest BCUT2D eigenvalue weighted by Crippen LogP contribution is 2.35. The highest BCUT2D eigenvalue weighted by atomic mass is 35.5. The molecule has 1 fully saturated rings. The summed E-state index contributed by atoms with van der Waals surface area (Å²) >= 11 is 5.92. The Balaban J connectivity index is 2.23. The highest BCUT2D eigenvalue weighted by molar-refractivity contribution is 6.18. The van der Waals surface area contributed by atoms with E-state index in [4.69, 9.17) is 21.1 Å².